The SMILES string of the molecule is Cc1nc2c(C(C)C)cccc2c(N(C)C)c1CCCN. The molecule has 2 aromatic rings. The van der Waals surface area contributed by atoms with Gasteiger partial charge in [-0.1, -0.05) is 32.0 Å². The van der Waals surface area contributed by atoms with E-state index in [1.54, 1.807) is 0 Å². The first-order chi connectivity index (χ1) is 9.97. The molecule has 3 nitrogen and oxygen atoms in total. The zero-order chi connectivity index (χ0) is 15.6. The molecule has 1 aromatic carbocycles. The Morgan fingerprint density at radius 3 is 2.52 bits per heavy atom. The quantitative estimate of drug-likeness (QED) is 0.912. The number of aryl methyl sites for hydroxylation is 1. The maximum absolute atomic E-state index is 5.70. The predicted octanol–water partition coefficient (Wildman–Crippen LogP) is 3.62. The summed E-state index contributed by atoms with van der Waals surface area (Å²) in [5.41, 5.74) is 11.9. The van der Waals surface area contributed by atoms with Gasteiger partial charge in [0.25, 0.3) is 0 Å². The average molecular weight is 285 g/mol. The summed E-state index contributed by atoms with van der Waals surface area (Å²) < 4.78 is 0. The Morgan fingerprint density at radius 2 is 1.95 bits per heavy atom. The molecule has 0 radical (unpaired) electrons. The third-order valence-electron chi connectivity index (χ3n) is 4.02. The average Bonchev–Trinajstić information content (AvgIpc) is 2.43. The molecule has 21 heavy (non-hydrogen) atoms. The number of benzene rings is 1. The minimum atomic E-state index is 0.477. The van der Waals surface area contributed by atoms with Crippen LogP contribution in [0.4, 0.5) is 5.69 Å². The van der Waals surface area contributed by atoms with Gasteiger partial charge in [-0.3, -0.25) is 4.98 Å². The third-order valence-corrected chi connectivity index (χ3v) is 4.02. The third kappa shape index (κ3) is 3.03. The van der Waals surface area contributed by atoms with Gasteiger partial charge in [-0.25, -0.2) is 0 Å². The van der Waals surface area contributed by atoms with Crippen LogP contribution in [0.3, 0.4) is 0 Å². The molecule has 114 valence electrons. The number of pyridine rings is 1. The van der Waals surface area contributed by atoms with Crippen molar-refractivity contribution >= 4 is 16.6 Å². The van der Waals surface area contributed by atoms with Crippen molar-refractivity contribution in [1.82, 2.24) is 4.98 Å². The van der Waals surface area contributed by atoms with Gasteiger partial charge in [-0.2, -0.15) is 0 Å². The normalized spacial score (nSPS) is 11.4. The number of rotatable bonds is 5. The maximum Gasteiger partial charge on any atom is 0.0760 e. The van der Waals surface area contributed by atoms with Crippen LogP contribution < -0.4 is 10.6 Å². The molecule has 0 unspecified atom stereocenters. The lowest BCUT2D eigenvalue weighted by Crippen LogP contribution is -2.15. The Balaban J connectivity index is 2.76. The monoisotopic (exact) mass is 285 g/mol. The van der Waals surface area contributed by atoms with Crippen LogP contribution in [0.5, 0.6) is 0 Å². The zero-order valence-corrected chi connectivity index (χ0v) is 13.9. The van der Waals surface area contributed by atoms with Crippen LogP contribution in [-0.4, -0.2) is 25.6 Å². The summed E-state index contributed by atoms with van der Waals surface area (Å²) in [6.45, 7) is 7.29. The fourth-order valence-electron chi connectivity index (χ4n) is 3.00. The molecule has 0 amide bonds. The fourth-order valence-corrected chi connectivity index (χ4v) is 3.00. The van der Waals surface area contributed by atoms with Gasteiger partial charge >= 0.3 is 0 Å². The second-order valence-corrected chi connectivity index (χ2v) is 6.21. The topological polar surface area (TPSA) is 42.2 Å². The summed E-state index contributed by atoms with van der Waals surface area (Å²) in [6, 6.07) is 6.53. The summed E-state index contributed by atoms with van der Waals surface area (Å²) in [6.07, 6.45) is 1.99. The molecule has 0 aliphatic carbocycles. The van der Waals surface area contributed by atoms with Gasteiger partial charge in [-0.05, 0) is 43.4 Å². The minimum Gasteiger partial charge on any atom is -0.377 e. The molecule has 0 atom stereocenters. The number of aromatic nitrogens is 1. The van der Waals surface area contributed by atoms with Crippen molar-refractivity contribution in [2.45, 2.75) is 39.5 Å². The van der Waals surface area contributed by atoms with Crippen LogP contribution in [0, 0.1) is 6.92 Å². The standard InChI is InChI=1S/C18H27N3/c1-12(2)14-8-6-9-16-17(14)20-13(3)15(10-7-11-19)18(16)21(4)5/h6,8-9,12H,7,10-11,19H2,1-5H3. The van der Waals surface area contributed by atoms with Gasteiger partial charge in [0.05, 0.1) is 11.2 Å². The van der Waals surface area contributed by atoms with Gasteiger partial charge in [0.1, 0.15) is 0 Å². The van der Waals surface area contributed by atoms with Crippen LogP contribution in [0.25, 0.3) is 10.9 Å². The van der Waals surface area contributed by atoms with E-state index in [0.29, 0.717) is 5.92 Å². The molecule has 0 fully saturated rings. The first-order valence-corrected chi connectivity index (χ1v) is 7.76. The fraction of sp³-hybridized carbons (Fsp3) is 0.500. The summed E-state index contributed by atoms with van der Waals surface area (Å²) >= 11 is 0. The molecular formula is C18H27N3. The highest BCUT2D eigenvalue weighted by Crippen LogP contribution is 2.34. The van der Waals surface area contributed by atoms with Crippen molar-refractivity contribution in [3.63, 3.8) is 0 Å². The summed E-state index contributed by atoms with van der Waals surface area (Å²) in [5.74, 6) is 0.477. The number of para-hydroxylation sites is 1. The number of anilines is 1. The molecule has 0 bridgehead atoms. The van der Waals surface area contributed by atoms with Gasteiger partial charge in [0.2, 0.25) is 0 Å². The van der Waals surface area contributed by atoms with Crippen molar-refractivity contribution in [1.29, 1.82) is 0 Å². The lowest BCUT2D eigenvalue weighted by atomic mass is 9.95. The van der Waals surface area contributed by atoms with Crippen molar-refractivity contribution in [2.75, 3.05) is 25.5 Å². The van der Waals surface area contributed by atoms with Crippen molar-refractivity contribution in [2.24, 2.45) is 5.73 Å². The highest BCUT2D eigenvalue weighted by atomic mass is 15.1. The predicted molar refractivity (Wildman–Crippen MR) is 92.3 cm³/mol. The number of nitrogens with zero attached hydrogens (tertiary/aromatic N) is 2. The summed E-state index contributed by atoms with van der Waals surface area (Å²) in [5, 5.41) is 1.25. The smallest absolute Gasteiger partial charge is 0.0760 e. The number of hydrogen-bond acceptors (Lipinski definition) is 3. The highest BCUT2D eigenvalue weighted by Gasteiger charge is 2.16. The number of fused-ring (bicyclic) bond motifs is 1. The van der Waals surface area contributed by atoms with Crippen LogP contribution in [0.2, 0.25) is 0 Å². The van der Waals surface area contributed by atoms with Crippen molar-refractivity contribution in [3.05, 3.63) is 35.0 Å². The minimum absolute atomic E-state index is 0.477. The van der Waals surface area contributed by atoms with Crippen LogP contribution in [0.15, 0.2) is 18.2 Å². The van der Waals surface area contributed by atoms with Crippen LogP contribution in [-0.2, 0) is 6.42 Å². The van der Waals surface area contributed by atoms with E-state index in [0.717, 1.165) is 30.6 Å². The molecule has 0 aliphatic rings. The number of hydrogen-bond donors (Lipinski definition) is 1. The van der Waals surface area contributed by atoms with E-state index in [9.17, 15) is 0 Å². The lowest BCUT2D eigenvalue weighted by molar-refractivity contribution is 0.819. The number of nitrogens with two attached hydrogens (primary N) is 1. The molecule has 0 spiro atoms. The maximum atomic E-state index is 5.70. The van der Waals surface area contributed by atoms with E-state index < -0.39 is 0 Å². The van der Waals surface area contributed by atoms with E-state index in [4.69, 9.17) is 10.7 Å². The van der Waals surface area contributed by atoms with E-state index in [1.807, 2.05) is 0 Å². The van der Waals surface area contributed by atoms with Crippen molar-refractivity contribution < 1.29 is 0 Å². The van der Waals surface area contributed by atoms with Crippen LogP contribution in [0.1, 0.15) is 43.0 Å². The first-order valence-electron chi connectivity index (χ1n) is 7.76. The zero-order valence-electron chi connectivity index (χ0n) is 13.9. The molecule has 0 saturated carbocycles. The van der Waals surface area contributed by atoms with E-state index >= 15 is 0 Å². The van der Waals surface area contributed by atoms with E-state index in [2.05, 4.69) is 58.0 Å². The Morgan fingerprint density at radius 1 is 1.24 bits per heavy atom. The molecule has 1 heterocycles. The van der Waals surface area contributed by atoms with E-state index in [1.165, 1.54) is 22.2 Å². The first kappa shape index (κ1) is 15.8. The van der Waals surface area contributed by atoms with Gasteiger partial charge in [-0.15, -0.1) is 0 Å². The van der Waals surface area contributed by atoms with Gasteiger partial charge < -0.3 is 10.6 Å². The van der Waals surface area contributed by atoms with Crippen molar-refractivity contribution in [3.8, 4) is 0 Å². The summed E-state index contributed by atoms with van der Waals surface area (Å²) in [7, 11) is 4.23. The Bertz CT molecular complexity index is 630. The Kier molecular flexibility index (Phi) is 4.84. The van der Waals surface area contributed by atoms with Gasteiger partial charge in [0, 0.05) is 25.2 Å². The highest BCUT2D eigenvalue weighted by molar-refractivity contribution is 5.95. The second-order valence-electron chi connectivity index (χ2n) is 6.21. The van der Waals surface area contributed by atoms with Gasteiger partial charge in [0.15, 0.2) is 0 Å². The molecule has 2 rings (SSSR count). The molecule has 1 aromatic heterocycles. The Hall–Kier alpha value is -1.61. The lowest BCUT2D eigenvalue weighted by Gasteiger charge is -2.23. The largest absolute Gasteiger partial charge is 0.377 e. The molecule has 0 saturated heterocycles. The second kappa shape index (κ2) is 6.44. The molecule has 2 N–H and O–H groups in total. The molecular weight excluding hydrogens is 258 g/mol. The summed E-state index contributed by atoms with van der Waals surface area (Å²) in [4.78, 5) is 7.14. The molecule has 0 aliphatic heterocycles. The Labute approximate surface area is 128 Å². The molecule has 3 heteroatoms. The van der Waals surface area contributed by atoms with Crippen LogP contribution >= 0.6 is 0 Å². The van der Waals surface area contributed by atoms with E-state index in [-0.39, 0.29) is 0 Å².